The Balaban J connectivity index is 0.00000240. The Morgan fingerprint density at radius 2 is 1.10 bits per heavy atom. The van der Waals surface area contributed by atoms with Gasteiger partial charge in [0.25, 0.3) is 0 Å². The Morgan fingerprint density at radius 3 is 1.52 bits per heavy atom. The lowest BCUT2D eigenvalue weighted by Gasteiger charge is -2.09. The maximum absolute atomic E-state index is 13.4. The maximum atomic E-state index is 13.4. The van der Waals surface area contributed by atoms with Gasteiger partial charge in [0, 0.05) is 43.7 Å². The van der Waals surface area contributed by atoms with Crippen LogP contribution in [0.3, 0.4) is 0 Å². The van der Waals surface area contributed by atoms with Gasteiger partial charge in [-0.3, -0.25) is 4.79 Å². The summed E-state index contributed by atoms with van der Waals surface area (Å²) >= 11 is 15.5. The molecular weight excluding hydrogens is 467 g/mol. The van der Waals surface area contributed by atoms with Crippen molar-refractivity contribution in [2.75, 3.05) is 11.5 Å². The number of hydrogen-bond acceptors (Lipinski definition) is 5. The van der Waals surface area contributed by atoms with E-state index in [9.17, 15) is 4.79 Å². The third-order valence-corrected chi connectivity index (χ3v) is 6.79. The highest BCUT2D eigenvalue weighted by atomic mass is 35.5. The lowest BCUT2D eigenvalue weighted by Crippen LogP contribution is -2.00. The van der Waals surface area contributed by atoms with Gasteiger partial charge in [0.2, 0.25) is 5.78 Å². The summed E-state index contributed by atoms with van der Waals surface area (Å²) < 4.78 is 0. The lowest BCUT2D eigenvalue weighted by atomic mass is 10.0. The molecule has 0 radical (unpaired) electrons. The zero-order chi connectivity index (χ0) is 19.8. The van der Waals surface area contributed by atoms with Gasteiger partial charge in [0.15, 0.2) is 0 Å². The standard InChI is InChI=1S/C21H14Cl2N2OS2.ClH/c22-17-3-1-11(24)9-15(17)13-5-7-27-20(13)19(26)21-14(6-8-28-21)16-10-12(25)2-4-18(16)23;/h1-10H,24-25H2;1H. The van der Waals surface area contributed by atoms with E-state index < -0.39 is 0 Å². The lowest BCUT2D eigenvalue weighted by molar-refractivity contribution is 0.104. The molecule has 0 aliphatic carbocycles. The fourth-order valence-corrected chi connectivity index (χ4v) is 5.21. The minimum atomic E-state index is -0.0769. The monoisotopic (exact) mass is 480 g/mol. The van der Waals surface area contributed by atoms with E-state index in [-0.39, 0.29) is 18.2 Å². The fraction of sp³-hybridized carbons (Fsp3) is 0. The number of thiophene rings is 2. The van der Waals surface area contributed by atoms with Gasteiger partial charge in [-0.1, -0.05) is 23.2 Å². The van der Waals surface area contributed by atoms with Gasteiger partial charge in [-0.2, -0.15) is 0 Å². The predicted octanol–water partition coefficient (Wildman–Crippen LogP) is 7.27. The topological polar surface area (TPSA) is 69.1 Å². The molecular formula is C21H15Cl3N2OS2. The molecule has 148 valence electrons. The molecule has 0 spiro atoms. The van der Waals surface area contributed by atoms with Crippen molar-refractivity contribution < 1.29 is 4.79 Å². The molecule has 4 aromatic rings. The fourth-order valence-electron chi connectivity index (χ4n) is 3.00. The molecule has 3 nitrogen and oxygen atoms in total. The van der Waals surface area contributed by atoms with Gasteiger partial charge >= 0.3 is 0 Å². The molecule has 2 aromatic heterocycles. The Morgan fingerprint density at radius 1 is 0.690 bits per heavy atom. The summed E-state index contributed by atoms with van der Waals surface area (Å²) in [6.45, 7) is 0. The Kier molecular flexibility index (Phi) is 6.56. The summed E-state index contributed by atoms with van der Waals surface area (Å²) in [5, 5.41) is 4.85. The number of ketones is 1. The smallest absolute Gasteiger partial charge is 0.214 e. The number of nitrogen functional groups attached to an aromatic ring is 2. The molecule has 0 aliphatic heterocycles. The number of anilines is 2. The summed E-state index contributed by atoms with van der Waals surface area (Å²) in [6.07, 6.45) is 0. The second-order valence-electron chi connectivity index (χ2n) is 6.13. The van der Waals surface area contributed by atoms with Crippen LogP contribution in [-0.2, 0) is 0 Å². The van der Waals surface area contributed by atoms with E-state index in [4.69, 9.17) is 34.7 Å². The largest absolute Gasteiger partial charge is 0.399 e. The second kappa shape index (κ2) is 8.78. The molecule has 8 heteroatoms. The van der Waals surface area contributed by atoms with Gasteiger partial charge in [0.1, 0.15) is 0 Å². The molecule has 29 heavy (non-hydrogen) atoms. The number of rotatable bonds is 4. The molecule has 2 heterocycles. The molecule has 4 N–H and O–H groups in total. The molecule has 4 rings (SSSR count). The van der Waals surface area contributed by atoms with E-state index in [0.29, 0.717) is 31.2 Å². The molecule has 2 aromatic carbocycles. The van der Waals surface area contributed by atoms with Crippen LogP contribution in [0.25, 0.3) is 22.3 Å². The van der Waals surface area contributed by atoms with Crippen LogP contribution in [0.4, 0.5) is 11.4 Å². The van der Waals surface area contributed by atoms with Crippen molar-refractivity contribution in [1.82, 2.24) is 0 Å². The minimum absolute atomic E-state index is 0. The van der Waals surface area contributed by atoms with E-state index in [1.54, 1.807) is 36.4 Å². The quantitative estimate of drug-likeness (QED) is 0.238. The molecule has 0 atom stereocenters. The first-order valence-corrected chi connectivity index (χ1v) is 10.8. The predicted molar refractivity (Wildman–Crippen MR) is 129 cm³/mol. The van der Waals surface area contributed by atoms with Crippen LogP contribution in [0.15, 0.2) is 59.3 Å². The van der Waals surface area contributed by atoms with E-state index in [0.717, 1.165) is 22.3 Å². The van der Waals surface area contributed by atoms with Crippen LogP contribution < -0.4 is 11.5 Å². The molecule has 0 bridgehead atoms. The van der Waals surface area contributed by atoms with Crippen LogP contribution in [0.5, 0.6) is 0 Å². The summed E-state index contributed by atoms with van der Waals surface area (Å²) in [7, 11) is 0. The summed E-state index contributed by atoms with van der Waals surface area (Å²) in [4.78, 5) is 14.6. The van der Waals surface area contributed by atoms with Gasteiger partial charge in [-0.25, -0.2) is 0 Å². The van der Waals surface area contributed by atoms with Crippen LogP contribution >= 0.6 is 58.3 Å². The highest BCUT2D eigenvalue weighted by Crippen LogP contribution is 2.40. The summed E-state index contributed by atoms with van der Waals surface area (Å²) in [5.74, 6) is -0.0769. The summed E-state index contributed by atoms with van der Waals surface area (Å²) in [5.41, 5.74) is 16.0. The molecule has 0 amide bonds. The number of carbonyl (C=O) groups is 1. The molecule has 0 fully saturated rings. The van der Waals surface area contributed by atoms with Gasteiger partial charge in [-0.15, -0.1) is 35.1 Å². The Hall–Kier alpha value is -2.02. The third-order valence-electron chi connectivity index (χ3n) is 4.30. The van der Waals surface area contributed by atoms with Gasteiger partial charge in [0.05, 0.1) is 9.75 Å². The maximum Gasteiger partial charge on any atom is 0.214 e. The summed E-state index contributed by atoms with van der Waals surface area (Å²) in [6, 6.07) is 14.3. The van der Waals surface area contributed by atoms with Crippen molar-refractivity contribution >= 4 is 75.4 Å². The zero-order valence-corrected chi connectivity index (χ0v) is 18.8. The SMILES string of the molecule is Cl.Nc1ccc(Cl)c(-c2ccsc2C(=O)c2sccc2-c2cc(N)ccc2Cl)c1. The van der Waals surface area contributed by atoms with E-state index >= 15 is 0 Å². The number of nitrogens with two attached hydrogens (primary N) is 2. The number of carbonyl (C=O) groups excluding carboxylic acids is 1. The third kappa shape index (κ3) is 4.15. The number of benzene rings is 2. The first-order chi connectivity index (χ1) is 13.5. The van der Waals surface area contributed by atoms with Crippen LogP contribution in [0.1, 0.15) is 14.5 Å². The van der Waals surface area contributed by atoms with E-state index in [2.05, 4.69) is 0 Å². The number of halogens is 3. The highest BCUT2D eigenvalue weighted by Gasteiger charge is 2.23. The number of hydrogen-bond donors (Lipinski definition) is 2. The van der Waals surface area contributed by atoms with Crippen molar-refractivity contribution in [1.29, 1.82) is 0 Å². The van der Waals surface area contributed by atoms with E-state index in [1.165, 1.54) is 22.7 Å². The molecule has 0 saturated carbocycles. The minimum Gasteiger partial charge on any atom is -0.399 e. The average Bonchev–Trinajstić information content (AvgIpc) is 3.34. The zero-order valence-electron chi connectivity index (χ0n) is 14.8. The van der Waals surface area contributed by atoms with Crippen LogP contribution in [-0.4, -0.2) is 5.78 Å². The first kappa shape index (κ1) is 21.7. The molecule has 0 aliphatic rings. The van der Waals surface area contributed by atoms with Crippen LogP contribution in [0.2, 0.25) is 10.0 Å². The highest BCUT2D eigenvalue weighted by molar-refractivity contribution is 7.16. The van der Waals surface area contributed by atoms with Crippen molar-refractivity contribution in [3.05, 3.63) is 79.1 Å². The Labute approximate surface area is 192 Å². The normalized spacial score (nSPS) is 10.6. The van der Waals surface area contributed by atoms with Crippen molar-refractivity contribution in [3.63, 3.8) is 0 Å². The Bertz CT molecular complexity index is 1110. The van der Waals surface area contributed by atoms with Gasteiger partial charge in [-0.05, 0) is 59.3 Å². The molecule has 0 saturated heterocycles. The molecule has 0 unspecified atom stereocenters. The second-order valence-corrected chi connectivity index (χ2v) is 8.78. The average molecular weight is 482 g/mol. The van der Waals surface area contributed by atoms with Gasteiger partial charge < -0.3 is 11.5 Å². The van der Waals surface area contributed by atoms with Crippen molar-refractivity contribution in [3.8, 4) is 22.3 Å². The van der Waals surface area contributed by atoms with Crippen molar-refractivity contribution in [2.24, 2.45) is 0 Å². The first-order valence-electron chi connectivity index (χ1n) is 8.26. The van der Waals surface area contributed by atoms with E-state index in [1.807, 2.05) is 22.9 Å². The van der Waals surface area contributed by atoms with Crippen molar-refractivity contribution in [2.45, 2.75) is 0 Å². The van der Waals surface area contributed by atoms with Crippen LogP contribution in [0, 0.1) is 0 Å².